The molecule has 0 N–H and O–H groups in total. The highest BCUT2D eigenvalue weighted by Gasteiger charge is 2.14. The number of alkyl halides is 1. The predicted molar refractivity (Wildman–Crippen MR) is 76.6 cm³/mol. The van der Waals surface area contributed by atoms with Crippen molar-refractivity contribution in [2.45, 2.75) is 33.1 Å². The van der Waals surface area contributed by atoms with E-state index in [1.807, 2.05) is 19.1 Å². The predicted octanol–water partition coefficient (Wildman–Crippen LogP) is 4.25. The van der Waals surface area contributed by atoms with Crippen molar-refractivity contribution in [1.82, 2.24) is 5.16 Å². The summed E-state index contributed by atoms with van der Waals surface area (Å²) < 4.78 is 11.3. The smallest absolute Gasteiger partial charge is 0.174 e. The van der Waals surface area contributed by atoms with Crippen LogP contribution in [0.15, 0.2) is 16.7 Å². The van der Waals surface area contributed by atoms with Crippen LogP contribution in [-0.4, -0.2) is 17.1 Å². The Labute approximate surface area is 116 Å². The maximum absolute atomic E-state index is 5.83. The van der Waals surface area contributed by atoms with Gasteiger partial charge in [-0.25, -0.2) is 0 Å². The average molecular weight is 312 g/mol. The SMILES string of the molecule is CCCc1c(OCCCBr)ccc2c(C)noc12. The van der Waals surface area contributed by atoms with Gasteiger partial charge in [0.2, 0.25) is 0 Å². The normalized spacial score (nSPS) is 11.1. The topological polar surface area (TPSA) is 35.3 Å². The van der Waals surface area contributed by atoms with Crippen LogP contribution in [0.2, 0.25) is 0 Å². The van der Waals surface area contributed by atoms with Crippen molar-refractivity contribution < 1.29 is 9.26 Å². The van der Waals surface area contributed by atoms with Gasteiger partial charge in [0.05, 0.1) is 12.3 Å². The van der Waals surface area contributed by atoms with Gasteiger partial charge in [0.1, 0.15) is 5.75 Å². The van der Waals surface area contributed by atoms with Gasteiger partial charge in [-0.1, -0.05) is 34.4 Å². The third kappa shape index (κ3) is 2.69. The number of halogens is 1. The van der Waals surface area contributed by atoms with Crippen LogP contribution < -0.4 is 4.74 Å². The zero-order chi connectivity index (χ0) is 13.0. The molecular weight excluding hydrogens is 294 g/mol. The second-order valence-corrected chi connectivity index (χ2v) is 5.12. The lowest BCUT2D eigenvalue weighted by Crippen LogP contribution is -2.01. The summed E-state index contributed by atoms with van der Waals surface area (Å²) in [6.07, 6.45) is 3.02. The maximum atomic E-state index is 5.83. The van der Waals surface area contributed by atoms with E-state index in [2.05, 4.69) is 28.0 Å². The first-order valence-electron chi connectivity index (χ1n) is 6.34. The summed E-state index contributed by atoms with van der Waals surface area (Å²) in [5.74, 6) is 0.932. The van der Waals surface area contributed by atoms with Crippen molar-refractivity contribution in [3.8, 4) is 5.75 Å². The van der Waals surface area contributed by atoms with Gasteiger partial charge in [0.25, 0.3) is 0 Å². The molecule has 0 atom stereocenters. The van der Waals surface area contributed by atoms with Gasteiger partial charge in [-0.3, -0.25) is 0 Å². The third-order valence-electron chi connectivity index (χ3n) is 2.92. The number of aryl methyl sites for hydroxylation is 2. The second kappa shape index (κ2) is 6.23. The number of nitrogens with zero attached hydrogens (tertiary/aromatic N) is 1. The Morgan fingerprint density at radius 1 is 1.39 bits per heavy atom. The largest absolute Gasteiger partial charge is 0.493 e. The summed E-state index contributed by atoms with van der Waals surface area (Å²) in [5, 5.41) is 6.09. The van der Waals surface area contributed by atoms with Crippen LogP contribution in [0.4, 0.5) is 0 Å². The van der Waals surface area contributed by atoms with E-state index in [4.69, 9.17) is 9.26 Å². The molecule has 18 heavy (non-hydrogen) atoms. The highest BCUT2D eigenvalue weighted by molar-refractivity contribution is 9.09. The van der Waals surface area contributed by atoms with E-state index in [-0.39, 0.29) is 0 Å². The van der Waals surface area contributed by atoms with Crippen LogP contribution in [0.1, 0.15) is 31.0 Å². The van der Waals surface area contributed by atoms with Crippen molar-refractivity contribution in [3.63, 3.8) is 0 Å². The second-order valence-electron chi connectivity index (χ2n) is 4.33. The summed E-state index contributed by atoms with van der Waals surface area (Å²) in [4.78, 5) is 0. The molecule has 0 fully saturated rings. The molecular formula is C14H18BrNO2. The number of hydrogen-bond donors (Lipinski definition) is 0. The molecule has 0 bridgehead atoms. The lowest BCUT2D eigenvalue weighted by molar-refractivity contribution is 0.315. The van der Waals surface area contributed by atoms with Crippen LogP contribution in [0.5, 0.6) is 5.75 Å². The fourth-order valence-corrected chi connectivity index (χ4v) is 2.25. The van der Waals surface area contributed by atoms with Gasteiger partial charge >= 0.3 is 0 Å². The maximum Gasteiger partial charge on any atom is 0.174 e. The fraction of sp³-hybridized carbons (Fsp3) is 0.500. The molecule has 98 valence electrons. The summed E-state index contributed by atoms with van der Waals surface area (Å²) in [6.45, 7) is 4.85. The van der Waals surface area contributed by atoms with E-state index in [1.54, 1.807) is 0 Å². The van der Waals surface area contributed by atoms with Crippen LogP contribution in [0.3, 0.4) is 0 Å². The third-order valence-corrected chi connectivity index (χ3v) is 3.48. The van der Waals surface area contributed by atoms with Gasteiger partial charge in [-0.15, -0.1) is 0 Å². The highest BCUT2D eigenvalue weighted by Crippen LogP contribution is 2.31. The fourth-order valence-electron chi connectivity index (χ4n) is 2.02. The van der Waals surface area contributed by atoms with E-state index in [0.29, 0.717) is 0 Å². The van der Waals surface area contributed by atoms with Crippen molar-refractivity contribution in [3.05, 3.63) is 23.4 Å². The Bertz CT molecular complexity index is 522. The molecule has 0 aliphatic heterocycles. The van der Waals surface area contributed by atoms with E-state index in [0.717, 1.165) is 59.2 Å². The van der Waals surface area contributed by atoms with E-state index < -0.39 is 0 Å². The average Bonchev–Trinajstić information content (AvgIpc) is 2.74. The van der Waals surface area contributed by atoms with E-state index in [9.17, 15) is 0 Å². The Morgan fingerprint density at radius 3 is 2.94 bits per heavy atom. The molecule has 1 aromatic heterocycles. The van der Waals surface area contributed by atoms with Crippen molar-refractivity contribution >= 4 is 26.9 Å². The number of benzene rings is 1. The van der Waals surface area contributed by atoms with Crippen molar-refractivity contribution in [2.75, 3.05) is 11.9 Å². The van der Waals surface area contributed by atoms with Gasteiger partial charge in [0.15, 0.2) is 5.58 Å². The van der Waals surface area contributed by atoms with Gasteiger partial charge in [-0.2, -0.15) is 0 Å². The molecule has 4 heteroatoms. The monoisotopic (exact) mass is 311 g/mol. The highest BCUT2D eigenvalue weighted by atomic mass is 79.9. The Kier molecular flexibility index (Phi) is 4.64. The zero-order valence-electron chi connectivity index (χ0n) is 10.8. The lowest BCUT2D eigenvalue weighted by Gasteiger charge is -2.10. The van der Waals surface area contributed by atoms with E-state index >= 15 is 0 Å². The lowest BCUT2D eigenvalue weighted by atomic mass is 10.1. The first-order valence-corrected chi connectivity index (χ1v) is 7.46. The van der Waals surface area contributed by atoms with Gasteiger partial charge in [0, 0.05) is 16.3 Å². The molecule has 0 saturated heterocycles. The minimum absolute atomic E-state index is 0.723. The molecule has 0 aliphatic carbocycles. The summed E-state index contributed by atoms with van der Waals surface area (Å²) in [6, 6.07) is 4.07. The van der Waals surface area contributed by atoms with Crippen LogP contribution in [0.25, 0.3) is 11.0 Å². The summed E-state index contributed by atoms with van der Waals surface area (Å²) in [7, 11) is 0. The number of ether oxygens (including phenoxy) is 1. The van der Waals surface area contributed by atoms with Gasteiger partial charge in [-0.05, 0) is 31.9 Å². The Morgan fingerprint density at radius 2 is 2.22 bits per heavy atom. The summed E-state index contributed by atoms with van der Waals surface area (Å²) in [5.41, 5.74) is 2.96. The molecule has 0 radical (unpaired) electrons. The van der Waals surface area contributed by atoms with Crippen molar-refractivity contribution in [2.24, 2.45) is 0 Å². The van der Waals surface area contributed by atoms with Crippen LogP contribution >= 0.6 is 15.9 Å². The first kappa shape index (κ1) is 13.4. The van der Waals surface area contributed by atoms with Crippen LogP contribution in [0, 0.1) is 6.92 Å². The molecule has 0 unspecified atom stereocenters. The standard InChI is InChI=1S/C14H18BrNO2/c1-3-5-12-13(17-9-4-8-15)7-6-11-10(2)16-18-14(11)12/h6-7H,3-5,8-9H2,1-2H3. The van der Waals surface area contributed by atoms with Gasteiger partial charge < -0.3 is 9.26 Å². The zero-order valence-corrected chi connectivity index (χ0v) is 12.4. The number of aromatic nitrogens is 1. The van der Waals surface area contributed by atoms with Crippen LogP contribution in [-0.2, 0) is 6.42 Å². The quantitative estimate of drug-likeness (QED) is 0.591. The number of rotatable bonds is 6. The molecule has 0 spiro atoms. The summed E-state index contributed by atoms with van der Waals surface area (Å²) >= 11 is 3.41. The minimum Gasteiger partial charge on any atom is -0.493 e. The molecule has 2 rings (SSSR count). The minimum atomic E-state index is 0.723. The van der Waals surface area contributed by atoms with E-state index in [1.165, 1.54) is 0 Å². The molecule has 2 aromatic rings. The Balaban J connectivity index is 2.36. The molecule has 0 saturated carbocycles. The Hall–Kier alpha value is -1.03. The molecule has 1 heterocycles. The first-order chi connectivity index (χ1) is 8.77. The molecule has 0 amide bonds. The molecule has 1 aromatic carbocycles. The number of hydrogen-bond acceptors (Lipinski definition) is 3. The van der Waals surface area contributed by atoms with Crippen molar-refractivity contribution in [1.29, 1.82) is 0 Å². The number of fused-ring (bicyclic) bond motifs is 1. The molecule has 3 nitrogen and oxygen atoms in total. The molecule has 0 aliphatic rings.